The molecule has 1 aliphatic heterocycles. The summed E-state index contributed by atoms with van der Waals surface area (Å²) in [7, 11) is -3.98. The molecule has 2 heterocycles. The van der Waals surface area contributed by atoms with Gasteiger partial charge in [0.05, 0.1) is 21.7 Å². The average molecular weight is 334 g/mol. The van der Waals surface area contributed by atoms with Crippen LogP contribution in [-0.2, 0) is 10.0 Å². The van der Waals surface area contributed by atoms with Crippen LogP contribution >= 0.6 is 0 Å². The van der Waals surface area contributed by atoms with Crippen LogP contribution in [0.2, 0.25) is 0 Å². The van der Waals surface area contributed by atoms with Crippen molar-refractivity contribution in [2.45, 2.75) is 4.90 Å². The summed E-state index contributed by atoms with van der Waals surface area (Å²) in [5.41, 5.74) is 5.03. The van der Waals surface area contributed by atoms with Crippen LogP contribution in [0.15, 0.2) is 40.0 Å². The van der Waals surface area contributed by atoms with Gasteiger partial charge in [-0.2, -0.15) is 0 Å². The summed E-state index contributed by atoms with van der Waals surface area (Å²) in [6, 6.07) is 6.17. The first-order valence-corrected chi connectivity index (χ1v) is 7.79. The minimum atomic E-state index is -3.98. The number of aromatic nitrogens is 1. The van der Waals surface area contributed by atoms with Crippen LogP contribution < -0.4 is 21.7 Å². The summed E-state index contributed by atoms with van der Waals surface area (Å²) >= 11 is 0. The highest BCUT2D eigenvalue weighted by Gasteiger charge is 2.31. The zero-order valence-corrected chi connectivity index (χ0v) is 12.3. The van der Waals surface area contributed by atoms with Crippen LogP contribution in [0.25, 0.3) is 5.69 Å². The highest BCUT2D eigenvalue weighted by Crippen LogP contribution is 2.23. The highest BCUT2D eigenvalue weighted by molar-refractivity contribution is 7.89. The van der Waals surface area contributed by atoms with Gasteiger partial charge in [0.25, 0.3) is 17.4 Å². The second-order valence-corrected chi connectivity index (χ2v) is 6.38. The van der Waals surface area contributed by atoms with Gasteiger partial charge >= 0.3 is 0 Å². The van der Waals surface area contributed by atoms with E-state index in [-0.39, 0.29) is 27.5 Å². The van der Waals surface area contributed by atoms with E-state index in [1.54, 1.807) is 0 Å². The Morgan fingerprint density at radius 2 is 1.74 bits per heavy atom. The largest absolute Gasteiger partial charge is 0.384 e. The number of hydrogen-bond donors (Lipinski definition) is 3. The van der Waals surface area contributed by atoms with Crippen molar-refractivity contribution < 1.29 is 18.0 Å². The van der Waals surface area contributed by atoms with E-state index in [9.17, 15) is 22.8 Å². The molecule has 0 bridgehead atoms. The van der Waals surface area contributed by atoms with Crippen molar-refractivity contribution in [3.63, 3.8) is 0 Å². The summed E-state index contributed by atoms with van der Waals surface area (Å²) in [6.07, 6.45) is 0. The molecule has 0 fully saturated rings. The van der Waals surface area contributed by atoms with Crippen LogP contribution in [-0.4, -0.2) is 24.8 Å². The van der Waals surface area contributed by atoms with Crippen LogP contribution in [0.1, 0.15) is 20.7 Å². The number of carbonyl (C=O) groups excluding carboxylic acids is 2. The molecule has 0 aliphatic carbocycles. The number of primary sulfonamides is 1. The van der Waals surface area contributed by atoms with E-state index >= 15 is 0 Å². The van der Waals surface area contributed by atoms with E-state index in [1.807, 2.05) is 5.32 Å². The standard InChI is InChI=1S/C13H10N4O5S/c14-11-10-8(12(19)16-13(10)20)5-9(18)17(11)6-2-1-3-7(4-6)23(15,21)22/h1-5H,14H2,(H2,15,21,22)(H,16,19,20). The SMILES string of the molecule is Nc1c2c(cc(=O)n1-c1cccc(S(N)(=O)=O)c1)C(=O)NC2=O. The minimum Gasteiger partial charge on any atom is -0.384 e. The third-order valence-corrected chi connectivity index (χ3v) is 4.27. The first kappa shape index (κ1) is 14.9. The molecule has 0 unspecified atom stereocenters. The van der Waals surface area contributed by atoms with E-state index in [2.05, 4.69) is 0 Å². The average Bonchev–Trinajstić information content (AvgIpc) is 2.73. The first-order chi connectivity index (χ1) is 10.7. The molecule has 118 valence electrons. The molecule has 1 aromatic heterocycles. The number of nitrogen functional groups attached to an aromatic ring is 1. The lowest BCUT2D eigenvalue weighted by Gasteiger charge is -2.12. The maximum Gasteiger partial charge on any atom is 0.262 e. The summed E-state index contributed by atoms with van der Waals surface area (Å²) in [5, 5.41) is 7.09. The zero-order valence-electron chi connectivity index (χ0n) is 11.4. The number of sulfonamides is 1. The van der Waals surface area contributed by atoms with E-state index in [1.165, 1.54) is 18.2 Å². The second-order valence-electron chi connectivity index (χ2n) is 4.82. The first-order valence-electron chi connectivity index (χ1n) is 6.24. The molecule has 10 heteroatoms. The van der Waals surface area contributed by atoms with Crippen molar-refractivity contribution in [1.82, 2.24) is 9.88 Å². The normalized spacial score (nSPS) is 13.8. The van der Waals surface area contributed by atoms with Gasteiger partial charge in [-0.3, -0.25) is 24.3 Å². The molecule has 1 aliphatic rings. The van der Waals surface area contributed by atoms with Gasteiger partial charge < -0.3 is 5.73 Å². The fourth-order valence-electron chi connectivity index (χ4n) is 2.35. The summed E-state index contributed by atoms with van der Waals surface area (Å²) in [5.74, 6) is -1.69. The van der Waals surface area contributed by atoms with Gasteiger partial charge in [-0.05, 0) is 18.2 Å². The number of rotatable bonds is 2. The Labute approximate surface area is 129 Å². The lowest BCUT2D eigenvalue weighted by Crippen LogP contribution is -2.24. The number of pyridine rings is 1. The lowest BCUT2D eigenvalue weighted by atomic mass is 10.1. The molecule has 0 spiro atoms. The lowest BCUT2D eigenvalue weighted by molar-refractivity contribution is 0.0880. The Bertz CT molecular complexity index is 1040. The minimum absolute atomic E-state index is 0.106. The Hall–Kier alpha value is -2.98. The van der Waals surface area contributed by atoms with Gasteiger partial charge in [-0.25, -0.2) is 13.6 Å². The number of nitrogens with two attached hydrogens (primary N) is 2. The number of benzene rings is 1. The Morgan fingerprint density at radius 3 is 2.39 bits per heavy atom. The van der Waals surface area contributed by atoms with E-state index in [4.69, 9.17) is 10.9 Å². The quantitative estimate of drug-likeness (QED) is 0.595. The molecule has 0 atom stereocenters. The zero-order chi connectivity index (χ0) is 16.9. The predicted molar refractivity (Wildman–Crippen MR) is 79.6 cm³/mol. The molecule has 23 heavy (non-hydrogen) atoms. The third-order valence-electron chi connectivity index (χ3n) is 3.36. The van der Waals surface area contributed by atoms with E-state index in [0.717, 1.165) is 16.7 Å². The number of nitrogens with zero attached hydrogens (tertiary/aromatic N) is 1. The summed E-state index contributed by atoms with van der Waals surface area (Å²) in [4.78, 5) is 35.4. The number of amides is 2. The summed E-state index contributed by atoms with van der Waals surface area (Å²) < 4.78 is 23.8. The number of carbonyl (C=O) groups is 2. The van der Waals surface area contributed by atoms with Crippen molar-refractivity contribution in [3.05, 3.63) is 51.8 Å². The van der Waals surface area contributed by atoms with Crippen LogP contribution in [0.3, 0.4) is 0 Å². The van der Waals surface area contributed by atoms with Crippen molar-refractivity contribution in [1.29, 1.82) is 0 Å². The molecule has 0 saturated heterocycles. The van der Waals surface area contributed by atoms with E-state index < -0.39 is 27.4 Å². The smallest absolute Gasteiger partial charge is 0.262 e. The Kier molecular flexibility index (Phi) is 3.09. The Balaban J connectivity index is 2.31. The van der Waals surface area contributed by atoms with E-state index in [0.29, 0.717) is 0 Å². The molecular weight excluding hydrogens is 324 g/mol. The van der Waals surface area contributed by atoms with Crippen LogP contribution in [0.4, 0.5) is 5.82 Å². The van der Waals surface area contributed by atoms with Gasteiger partial charge in [-0.15, -0.1) is 0 Å². The molecule has 2 aromatic rings. The number of imide groups is 1. The maximum atomic E-state index is 12.2. The molecule has 0 radical (unpaired) electrons. The predicted octanol–water partition coefficient (Wildman–Crippen LogP) is -1.05. The topological polar surface area (TPSA) is 154 Å². The van der Waals surface area contributed by atoms with Gasteiger partial charge in [0.15, 0.2) is 0 Å². The van der Waals surface area contributed by atoms with Crippen molar-refractivity contribution in [2.75, 3.05) is 5.73 Å². The number of nitrogens with one attached hydrogen (secondary N) is 1. The van der Waals surface area contributed by atoms with Gasteiger partial charge in [0.2, 0.25) is 10.0 Å². The van der Waals surface area contributed by atoms with Crippen LogP contribution in [0, 0.1) is 0 Å². The Morgan fingerprint density at radius 1 is 1.04 bits per heavy atom. The van der Waals surface area contributed by atoms with Crippen LogP contribution in [0.5, 0.6) is 0 Å². The number of hydrogen-bond acceptors (Lipinski definition) is 6. The molecule has 2 amide bonds. The van der Waals surface area contributed by atoms with Gasteiger partial charge in [-0.1, -0.05) is 6.07 Å². The van der Waals surface area contributed by atoms with Crippen molar-refractivity contribution in [3.8, 4) is 5.69 Å². The third kappa shape index (κ3) is 2.29. The second kappa shape index (κ2) is 4.76. The monoisotopic (exact) mass is 334 g/mol. The molecule has 0 saturated carbocycles. The fraction of sp³-hybridized carbons (Fsp3) is 0. The summed E-state index contributed by atoms with van der Waals surface area (Å²) in [6.45, 7) is 0. The maximum absolute atomic E-state index is 12.2. The molecular formula is C13H10N4O5S. The molecule has 3 rings (SSSR count). The van der Waals surface area contributed by atoms with Crippen molar-refractivity contribution >= 4 is 27.7 Å². The molecule has 1 aromatic carbocycles. The van der Waals surface area contributed by atoms with Gasteiger partial charge in [0, 0.05) is 6.07 Å². The number of fused-ring (bicyclic) bond motifs is 1. The van der Waals surface area contributed by atoms with Crippen molar-refractivity contribution in [2.24, 2.45) is 5.14 Å². The van der Waals surface area contributed by atoms with Gasteiger partial charge in [0.1, 0.15) is 5.82 Å². The fourth-order valence-corrected chi connectivity index (χ4v) is 2.90. The highest BCUT2D eigenvalue weighted by atomic mass is 32.2. The molecule has 5 N–H and O–H groups in total. The molecule has 9 nitrogen and oxygen atoms in total. The number of anilines is 1.